The summed E-state index contributed by atoms with van der Waals surface area (Å²) in [6.07, 6.45) is 2.75. The molecule has 0 aromatic heterocycles. The van der Waals surface area contributed by atoms with Gasteiger partial charge in [-0.1, -0.05) is 12.1 Å². The maximum atomic E-state index is 12.4. The van der Waals surface area contributed by atoms with Crippen LogP contribution in [-0.2, 0) is 6.42 Å². The topological polar surface area (TPSA) is 20.3 Å². The van der Waals surface area contributed by atoms with Crippen molar-refractivity contribution in [1.29, 1.82) is 0 Å². The number of halogens is 1. The van der Waals surface area contributed by atoms with Gasteiger partial charge in [-0.2, -0.15) is 0 Å². The van der Waals surface area contributed by atoms with E-state index in [9.17, 15) is 4.79 Å². The molecule has 0 aliphatic heterocycles. The van der Waals surface area contributed by atoms with E-state index in [-0.39, 0.29) is 5.78 Å². The highest BCUT2D eigenvalue weighted by Gasteiger charge is 2.24. The first-order valence-corrected chi connectivity index (χ1v) is 7.93. The zero-order valence-electron chi connectivity index (χ0n) is 12.1. The first-order chi connectivity index (χ1) is 10.0. The van der Waals surface area contributed by atoms with Crippen molar-refractivity contribution in [2.24, 2.45) is 0 Å². The van der Waals surface area contributed by atoms with Crippen molar-refractivity contribution >= 4 is 40.1 Å². The van der Waals surface area contributed by atoms with Crippen molar-refractivity contribution in [2.75, 3.05) is 19.0 Å². The minimum absolute atomic E-state index is 0.165. The number of anilines is 1. The van der Waals surface area contributed by atoms with Crippen molar-refractivity contribution in [3.63, 3.8) is 0 Å². The van der Waals surface area contributed by atoms with Crippen LogP contribution in [0, 0.1) is 3.57 Å². The molecule has 0 saturated carbocycles. The Labute approximate surface area is 138 Å². The minimum Gasteiger partial charge on any atom is -0.378 e. The molecule has 0 spiro atoms. The van der Waals surface area contributed by atoms with E-state index in [0.29, 0.717) is 0 Å². The third kappa shape index (κ3) is 2.88. The maximum absolute atomic E-state index is 12.4. The van der Waals surface area contributed by atoms with Crippen LogP contribution in [0.4, 0.5) is 5.69 Å². The fourth-order valence-electron chi connectivity index (χ4n) is 2.57. The average Bonchev–Trinajstić information content (AvgIpc) is 2.75. The number of Topliss-reactive ketones (excluding diaryl/α,β-unsaturated/α-hetero) is 1. The number of ketones is 1. The van der Waals surface area contributed by atoms with Gasteiger partial charge in [0, 0.05) is 40.9 Å². The van der Waals surface area contributed by atoms with Crippen molar-refractivity contribution in [3.8, 4) is 0 Å². The Kier molecular flexibility index (Phi) is 3.85. The number of allylic oxidation sites excluding steroid dienone is 1. The summed E-state index contributed by atoms with van der Waals surface area (Å²) in [4.78, 5) is 14.5. The van der Waals surface area contributed by atoms with E-state index in [1.54, 1.807) is 0 Å². The Bertz CT molecular complexity index is 729. The summed E-state index contributed by atoms with van der Waals surface area (Å²) in [5.41, 5.74) is 5.11. The van der Waals surface area contributed by atoms with Crippen molar-refractivity contribution in [3.05, 3.63) is 68.3 Å². The Balaban J connectivity index is 1.90. The second-order valence-corrected chi connectivity index (χ2v) is 6.71. The summed E-state index contributed by atoms with van der Waals surface area (Å²) in [5.74, 6) is 0.165. The van der Waals surface area contributed by atoms with E-state index in [4.69, 9.17) is 0 Å². The van der Waals surface area contributed by atoms with E-state index in [1.165, 1.54) is 3.57 Å². The minimum atomic E-state index is 0.165. The predicted octanol–water partition coefficient (Wildman–Crippen LogP) is 4.18. The van der Waals surface area contributed by atoms with Crippen molar-refractivity contribution in [2.45, 2.75) is 6.42 Å². The monoisotopic (exact) mass is 389 g/mol. The van der Waals surface area contributed by atoms with Crippen LogP contribution < -0.4 is 4.90 Å². The number of hydrogen-bond acceptors (Lipinski definition) is 2. The van der Waals surface area contributed by atoms with Gasteiger partial charge in [0.15, 0.2) is 5.78 Å². The average molecular weight is 389 g/mol. The standard InChI is InChI=1S/C18H16INO/c1-20(2)16-6-3-12(4-7-16)9-14-10-13-11-15(19)5-8-17(13)18(14)21/h3-9,11H,10H2,1-2H3/b14-9+. The number of fused-ring (bicyclic) bond motifs is 1. The van der Waals surface area contributed by atoms with Gasteiger partial charge in [-0.05, 0) is 70.1 Å². The summed E-state index contributed by atoms with van der Waals surface area (Å²) >= 11 is 2.29. The number of rotatable bonds is 2. The molecule has 1 aliphatic rings. The molecule has 0 heterocycles. The zero-order valence-corrected chi connectivity index (χ0v) is 14.2. The highest BCUT2D eigenvalue weighted by molar-refractivity contribution is 14.1. The smallest absolute Gasteiger partial charge is 0.189 e. The molecule has 0 amide bonds. The maximum Gasteiger partial charge on any atom is 0.189 e. The summed E-state index contributed by atoms with van der Waals surface area (Å²) in [5, 5.41) is 0. The number of carbonyl (C=O) groups is 1. The summed E-state index contributed by atoms with van der Waals surface area (Å²) < 4.78 is 1.18. The van der Waals surface area contributed by atoms with Crippen LogP contribution in [0.1, 0.15) is 21.5 Å². The number of nitrogens with zero attached hydrogens (tertiary/aromatic N) is 1. The molecule has 2 nitrogen and oxygen atoms in total. The number of hydrogen-bond donors (Lipinski definition) is 0. The lowest BCUT2D eigenvalue weighted by atomic mass is 10.1. The lowest BCUT2D eigenvalue weighted by Gasteiger charge is -2.11. The van der Waals surface area contributed by atoms with E-state index < -0.39 is 0 Å². The van der Waals surface area contributed by atoms with Crippen molar-refractivity contribution < 1.29 is 4.79 Å². The fraction of sp³-hybridized carbons (Fsp3) is 0.167. The Morgan fingerprint density at radius 3 is 2.48 bits per heavy atom. The number of carbonyl (C=O) groups excluding carboxylic acids is 1. The van der Waals surface area contributed by atoms with E-state index >= 15 is 0 Å². The molecule has 0 saturated heterocycles. The first kappa shape index (κ1) is 14.3. The predicted molar refractivity (Wildman–Crippen MR) is 95.9 cm³/mol. The quantitative estimate of drug-likeness (QED) is 0.568. The first-order valence-electron chi connectivity index (χ1n) is 6.85. The third-order valence-electron chi connectivity index (χ3n) is 3.73. The molecule has 3 heteroatoms. The normalized spacial score (nSPS) is 15.4. The number of benzene rings is 2. The van der Waals surface area contributed by atoms with Crippen LogP contribution in [-0.4, -0.2) is 19.9 Å². The molecule has 3 rings (SSSR count). The van der Waals surface area contributed by atoms with Gasteiger partial charge in [0.1, 0.15) is 0 Å². The molecule has 1 aliphatic carbocycles. The lowest BCUT2D eigenvalue weighted by Crippen LogP contribution is -2.07. The lowest BCUT2D eigenvalue weighted by molar-refractivity contribution is 0.104. The second kappa shape index (κ2) is 5.64. The molecular weight excluding hydrogens is 373 g/mol. The Hall–Kier alpha value is -1.62. The summed E-state index contributed by atoms with van der Waals surface area (Å²) in [6, 6.07) is 14.3. The SMILES string of the molecule is CN(C)c1ccc(/C=C2\Cc3cc(I)ccc3C2=O)cc1. The molecule has 0 bridgehead atoms. The van der Waals surface area contributed by atoms with Gasteiger partial charge in [0.25, 0.3) is 0 Å². The molecule has 0 N–H and O–H groups in total. The van der Waals surface area contributed by atoms with Crippen LogP contribution in [0.2, 0.25) is 0 Å². The molecule has 21 heavy (non-hydrogen) atoms. The molecule has 106 valence electrons. The van der Waals surface area contributed by atoms with Crippen LogP contribution >= 0.6 is 22.6 Å². The fourth-order valence-corrected chi connectivity index (χ4v) is 3.13. The van der Waals surface area contributed by atoms with Crippen LogP contribution in [0.15, 0.2) is 48.0 Å². The van der Waals surface area contributed by atoms with Gasteiger partial charge in [-0.15, -0.1) is 0 Å². The van der Waals surface area contributed by atoms with Gasteiger partial charge in [0.2, 0.25) is 0 Å². The van der Waals surface area contributed by atoms with E-state index in [2.05, 4.69) is 57.8 Å². The van der Waals surface area contributed by atoms with Crippen LogP contribution in [0.25, 0.3) is 6.08 Å². The molecule has 0 radical (unpaired) electrons. The molecule has 0 unspecified atom stereocenters. The molecule has 2 aromatic rings. The third-order valence-corrected chi connectivity index (χ3v) is 4.41. The summed E-state index contributed by atoms with van der Waals surface area (Å²) in [7, 11) is 4.04. The van der Waals surface area contributed by atoms with Gasteiger partial charge >= 0.3 is 0 Å². The van der Waals surface area contributed by atoms with Crippen LogP contribution in [0.5, 0.6) is 0 Å². The van der Waals surface area contributed by atoms with Gasteiger partial charge in [-0.3, -0.25) is 4.79 Å². The van der Waals surface area contributed by atoms with Gasteiger partial charge < -0.3 is 4.90 Å². The van der Waals surface area contributed by atoms with Gasteiger partial charge in [0.05, 0.1) is 0 Å². The second-order valence-electron chi connectivity index (χ2n) is 5.46. The molecule has 0 atom stereocenters. The summed E-state index contributed by atoms with van der Waals surface area (Å²) in [6.45, 7) is 0. The van der Waals surface area contributed by atoms with E-state index in [1.807, 2.05) is 32.3 Å². The largest absolute Gasteiger partial charge is 0.378 e. The van der Waals surface area contributed by atoms with Crippen LogP contribution in [0.3, 0.4) is 0 Å². The highest BCUT2D eigenvalue weighted by Crippen LogP contribution is 2.29. The van der Waals surface area contributed by atoms with Gasteiger partial charge in [-0.25, -0.2) is 0 Å². The zero-order chi connectivity index (χ0) is 15.0. The van der Waals surface area contributed by atoms with E-state index in [0.717, 1.165) is 34.4 Å². The highest BCUT2D eigenvalue weighted by atomic mass is 127. The molecular formula is C18H16INO. The van der Waals surface area contributed by atoms with Crippen molar-refractivity contribution in [1.82, 2.24) is 0 Å². The Morgan fingerprint density at radius 1 is 1.10 bits per heavy atom. The molecule has 2 aromatic carbocycles. The molecule has 0 fully saturated rings. The Morgan fingerprint density at radius 2 is 1.81 bits per heavy atom.